The van der Waals surface area contributed by atoms with Crippen molar-refractivity contribution in [1.29, 1.82) is 0 Å². The van der Waals surface area contributed by atoms with Crippen LogP contribution in [-0.4, -0.2) is 33.5 Å². The molecule has 0 aliphatic rings. The average Bonchev–Trinajstić information content (AvgIpc) is 2.41. The molecule has 1 aromatic carbocycles. The number of rotatable bonds is 8. The first kappa shape index (κ1) is 16.8. The molecule has 1 rings (SSSR count). The third-order valence-corrected chi connectivity index (χ3v) is 2.80. The first-order valence-corrected chi connectivity index (χ1v) is 6.43. The molecular weight excluding hydrogens is 271 g/mol. The van der Waals surface area contributed by atoms with Crippen molar-refractivity contribution in [3.8, 4) is 5.75 Å². The van der Waals surface area contributed by atoms with Gasteiger partial charge in [-0.15, -0.1) is 0 Å². The standard InChI is InChI=1S/C14H20F3NO2/c1-18-10-13(20-9-3-8-14(15,16)17)11-4-6-12(19-2)7-5-11/h4-7,13,18H,3,8-10H2,1-2H3. The van der Waals surface area contributed by atoms with Gasteiger partial charge in [0.25, 0.3) is 0 Å². The van der Waals surface area contributed by atoms with Gasteiger partial charge >= 0.3 is 6.18 Å². The van der Waals surface area contributed by atoms with Crippen LogP contribution in [0.2, 0.25) is 0 Å². The van der Waals surface area contributed by atoms with Crippen LogP contribution < -0.4 is 10.1 Å². The molecule has 0 spiro atoms. The molecular formula is C14H20F3NO2. The van der Waals surface area contributed by atoms with Gasteiger partial charge in [-0.05, 0) is 31.2 Å². The van der Waals surface area contributed by atoms with Gasteiger partial charge in [-0.2, -0.15) is 13.2 Å². The number of likely N-dealkylation sites (N-methyl/N-ethyl adjacent to an activating group) is 1. The molecule has 1 unspecified atom stereocenters. The first-order valence-electron chi connectivity index (χ1n) is 6.43. The Morgan fingerprint density at radius 1 is 1.20 bits per heavy atom. The molecule has 1 N–H and O–H groups in total. The minimum Gasteiger partial charge on any atom is -0.497 e. The lowest BCUT2D eigenvalue weighted by Gasteiger charge is -2.18. The first-order chi connectivity index (χ1) is 9.46. The fraction of sp³-hybridized carbons (Fsp3) is 0.571. The van der Waals surface area contributed by atoms with Crippen LogP contribution in [-0.2, 0) is 4.74 Å². The highest BCUT2D eigenvalue weighted by Crippen LogP contribution is 2.23. The average molecular weight is 291 g/mol. The normalized spacial score (nSPS) is 13.2. The predicted molar refractivity (Wildman–Crippen MR) is 70.9 cm³/mol. The lowest BCUT2D eigenvalue weighted by Crippen LogP contribution is -2.20. The van der Waals surface area contributed by atoms with Crippen molar-refractivity contribution >= 4 is 0 Å². The van der Waals surface area contributed by atoms with E-state index in [-0.39, 0.29) is 19.1 Å². The third kappa shape index (κ3) is 6.25. The van der Waals surface area contributed by atoms with Crippen molar-refractivity contribution < 1.29 is 22.6 Å². The van der Waals surface area contributed by atoms with Crippen molar-refractivity contribution in [2.45, 2.75) is 25.1 Å². The van der Waals surface area contributed by atoms with Crippen LogP contribution in [0.25, 0.3) is 0 Å². The van der Waals surface area contributed by atoms with Crippen LogP contribution >= 0.6 is 0 Å². The Labute approximate surface area is 117 Å². The van der Waals surface area contributed by atoms with E-state index in [9.17, 15) is 13.2 Å². The van der Waals surface area contributed by atoms with E-state index >= 15 is 0 Å². The smallest absolute Gasteiger partial charge is 0.389 e. The summed E-state index contributed by atoms with van der Waals surface area (Å²) >= 11 is 0. The molecule has 0 saturated heterocycles. The van der Waals surface area contributed by atoms with Crippen molar-refractivity contribution in [1.82, 2.24) is 5.32 Å². The maximum atomic E-state index is 12.1. The molecule has 114 valence electrons. The van der Waals surface area contributed by atoms with Gasteiger partial charge in [0.1, 0.15) is 5.75 Å². The summed E-state index contributed by atoms with van der Waals surface area (Å²) in [6.45, 7) is 0.621. The molecule has 6 heteroatoms. The summed E-state index contributed by atoms with van der Waals surface area (Å²) in [7, 11) is 3.35. The third-order valence-electron chi connectivity index (χ3n) is 2.80. The summed E-state index contributed by atoms with van der Waals surface area (Å²) in [5.74, 6) is 0.731. The summed E-state index contributed by atoms with van der Waals surface area (Å²) in [4.78, 5) is 0. The van der Waals surface area contributed by atoms with Crippen LogP contribution in [0, 0.1) is 0 Å². The van der Waals surface area contributed by atoms with E-state index in [4.69, 9.17) is 9.47 Å². The summed E-state index contributed by atoms with van der Waals surface area (Å²) in [6, 6.07) is 7.31. The highest BCUT2D eigenvalue weighted by Gasteiger charge is 2.26. The number of ether oxygens (including phenoxy) is 2. The van der Waals surface area contributed by atoms with Gasteiger partial charge in [-0.25, -0.2) is 0 Å². The van der Waals surface area contributed by atoms with Crippen LogP contribution in [0.4, 0.5) is 13.2 Å². The summed E-state index contributed by atoms with van der Waals surface area (Å²) in [5, 5.41) is 2.97. The molecule has 0 fully saturated rings. The SMILES string of the molecule is CNCC(OCCCC(F)(F)F)c1ccc(OC)cc1. The number of hydrogen-bond acceptors (Lipinski definition) is 3. The number of nitrogens with one attached hydrogen (secondary N) is 1. The van der Waals surface area contributed by atoms with Crippen molar-refractivity contribution in [3.63, 3.8) is 0 Å². The lowest BCUT2D eigenvalue weighted by atomic mass is 10.1. The maximum Gasteiger partial charge on any atom is 0.389 e. The lowest BCUT2D eigenvalue weighted by molar-refractivity contribution is -0.138. The number of alkyl halides is 3. The minimum absolute atomic E-state index is 0.0279. The van der Waals surface area contributed by atoms with E-state index in [1.54, 1.807) is 26.3 Å². The zero-order chi connectivity index (χ0) is 15.0. The van der Waals surface area contributed by atoms with E-state index in [0.29, 0.717) is 6.54 Å². The quantitative estimate of drug-likeness (QED) is 0.745. The van der Waals surface area contributed by atoms with E-state index < -0.39 is 12.6 Å². The molecule has 0 saturated carbocycles. The monoisotopic (exact) mass is 291 g/mol. The zero-order valence-electron chi connectivity index (χ0n) is 11.7. The maximum absolute atomic E-state index is 12.1. The largest absolute Gasteiger partial charge is 0.497 e. The fourth-order valence-corrected chi connectivity index (χ4v) is 1.78. The Balaban J connectivity index is 2.50. The highest BCUT2D eigenvalue weighted by atomic mass is 19.4. The zero-order valence-corrected chi connectivity index (χ0v) is 11.7. The molecule has 0 amide bonds. The van der Waals surface area contributed by atoms with Gasteiger partial charge < -0.3 is 14.8 Å². The molecule has 1 atom stereocenters. The second kappa shape index (κ2) is 8.11. The molecule has 0 aliphatic heterocycles. The van der Waals surface area contributed by atoms with Crippen molar-refractivity contribution in [2.75, 3.05) is 27.3 Å². The molecule has 0 heterocycles. The van der Waals surface area contributed by atoms with Gasteiger partial charge in [0.2, 0.25) is 0 Å². The topological polar surface area (TPSA) is 30.5 Å². The van der Waals surface area contributed by atoms with E-state index in [0.717, 1.165) is 11.3 Å². The van der Waals surface area contributed by atoms with Gasteiger partial charge in [0, 0.05) is 19.6 Å². The molecule has 20 heavy (non-hydrogen) atoms. The molecule has 1 aromatic rings. The second-order valence-corrected chi connectivity index (χ2v) is 4.41. The Kier molecular flexibility index (Phi) is 6.81. The summed E-state index contributed by atoms with van der Waals surface area (Å²) in [5.41, 5.74) is 0.909. The Morgan fingerprint density at radius 2 is 1.85 bits per heavy atom. The summed E-state index contributed by atoms with van der Waals surface area (Å²) < 4.78 is 46.8. The van der Waals surface area contributed by atoms with E-state index in [1.807, 2.05) is 12.1 Å². The van der Waals surface area contributed by atoms with Crippen LogP contribution in [0.1, 0.15) is 24.5 Å². The van der Waals surface area contributed by atoms with Crippen molar-refractivity contribution in [2.24, 2.45) is 0 Å². The molecule has 0 aliphatic carbocycles. The Bertz CT molecular complexity index is 379. The molecule has 0 aromatic heterocycles. The van der Waals surface area contributed by atoms with E-state index in [1.165, 1.54) is 0 Å². The Morgan fingerprint density at radius 3 is 2.35 bits per heavy atom. The minimum atomic E-state index is -4.12. The molecule has 0 radical (unpaired) electrons. The van der Waals surface area contributed by atoms with E-state index in [2.05, 4.69) is 5.32 Å². The predicted octanol–water partition coefficient (Wildman–Crippen LogP) is 3.31. The van der Waals surface area contributed by atoms with Gasteiger partial charge in [-0.3, -0.25) is 0 Å². The van der Waals surface area contributed by atoms with Crippen LogP contribution in [0.3, 0.4) is 0 Å². The van der Waals surface area contributed by atoms with Gasteiger partial charge in [-0.1, -0.05) is 12.1 Å². The highest BCUT2D eigenvalue weighted by molar-refractivity contribution is 5.28. The number of benzene rings is 1. The van der Waals surface area contributed by atoms with Crippen molar-refractivity contribution in [3.05, 3.63) is 29.8 Å². The molecule has 3 nitrogen and oxygen atoms in total. The number of halogens is 3. The van der Waals surface area contributed by atoms with Crippen LogP contribution in [0.5, 0.6) is 5.75 Å². The molecule has 0 bridgehead atoms. The van der Waals surface area contributed by atoms with Gasteiger partial charge in [0.05, 0.1) is 13.2 Å². The van der Waals surface area contributed by atoms with Gasteiger partial charge in [0.15, 0.2) is 0 Å². The number of hydrogen-bond donors (Lipinski definition) is 1. The second-order valence-electron chi connectivity index (χ2n) is 4.41. The Hall–Kier alpha value is -1.27. The van der Waals surface area contributed by atoms with Crippen LogP contribution in [0.15, 0.2) is 24.3 Å². The fourth-order valence-electron chi connectivity index (χ4n) is 1.78. The summed E-state index contributed by atoms with van der Waals surface area (Å²) in [6.07, 6.45) is -5.23. The number of methoxy groups -OCH3 is 1.